The highest BCUT2D eigenvalue weighted by Gasteiger charge is 2.25. The number of rotatable bonds is 3. The monoisotopic (exact) mass is 206 g/mol. The predicted molar refractivity (Wildman–Crippen MR) is 58.0 cm³/mol. The molecule has 0 atom stereocenters. The van der Waals surface area contributed by atoms with Gasteiger partial charge in [0, 0.05) is 13.1 Å². The van der Waals surface area contributed by atoms with Crippen molar-refractivity contribution in [2.75, 3.05) is 25.5 Å². The molecule has 80 valence electrons. The van der Waals surface area contributed by atoms with Crippen molar-refractivity contribution in [1.82, 2.24) is 5.32 Å². The molecule has 4 nitrogen and oxygen atoms in total. The van der Waals surface area contributed by atoms with Crippen molar-refractivity contribution in [3.05, 3.63) is 24.3 Å². The van der Waals surface area contributed by atoms with Crippen molar-refractivity contribution in [3.63, 3.8) is 0 Å². The fourth-order valence-electron chi connectivity index (χ4n) is 1.46. The standard InChI is InChI=1S/C11H14N2O2/c1-15-10-5-3-2-4-9(10)13-11(14)8-6-12-7-8/h2-5,8,12H,6-7H2,1H3,(H,13,14). The minimum atomic E-state index is 0.0539. The number of para-hydroxylation sites is 2. The van der Waals surface area contributed by atoms with Gasteiger partial charge in [-0.3, -0.25) is 4.79 Å². The summed E-state index contributed by atoms with van der Waals surface area (Å²) in [5.74, 6) is 0.839. The highest BCUT2D eigenvalue weighted by Crippen LogP contribution is 2.23. The molecule has 0 radical (unpaired) electrons. The molecule has 4 heteroatoms. The van der Waals surface area contributed by atoms with Crippen LogP contribution in [0.25, 0.3) is 0 Å². The molecule has 1 aromatic rings. The van der Waals surface area contributed by atoms with Crippen molar-refractivity contribution in [2.45, 2.75) is 0 Å². The molecule has 15 heavy (non-hydrogen) atoms. The average Bonchev–Trinajstić information content (AvgIpc) is 2.15. The molecule has 1 amide bonds. The quantitative estimate of drug-likeness (QED) is 0.771. The fourth-order valence-corrected chi connectivity index (χ4v) is 1.46. The molecule has 1 aromatic carbocycles. The number of carbonyl (C=O) groups is 1. The summed E-state index contributed by atoms with van der Waals surface area (Å²) in [5, 5.41) is 5.92. The molecule has 2 N–H and O–H groups in total. The fraction of sp³-hybridized carbons (Fsp3) is 0.364. The number of anilines is 1. The van der Waals surface area contributed by atoms with E-state index in [4.69, 9.17) is 4.74 Å². The Balaban J connectivity index is 2.05. The summed E-state index contributed by atoms with van der Waals surface area (Å²) in [7, 11) is 1.59. The number of nitrogens with one attached hydrogen (secondary N) is 2. The molecule has 0 saturated carbocycles. The molecule has 1 fully saturated rings. The van der Waals surface area contributed by atoms with Crippen molar-refractivity contribution < 1.29 is 9.53 Å². The van der Waals surface area contributed by atoms with Gasteiger partial charge in [0.15, 0.2) is 0 Å². The van der Waals surface area contributed by atoms with Gasteiger partial charge >= 0.3 is 0 Å². The molecule has 0 bridgehead atoms. The number of hydrogen-bond donors (Lipinski definition) is 2. The van der Waals surface area contributed by atoms with Crippen LogP contribution in [0.2, 0.25) is 0 Å². The van der Waals surface area contributed by atoms with Gasteiger partial charge in [0.05, 0.1) is 18.7 Å². The van der Waals surface area contributed by atoms with Crippen LogP contribution in [-0.2, 0) is 4.79 Å². The first-order valence-corrected chi connectivity index (χ1v) is 4.96. The summed E-state index contributed by atoms with van der Waals surface area (Å²) in [5.41, 5.74) is 0.733. The molecule has 0 aromatic heterocycles. The van der Waals surface area contributed by atoms with Crippen LogP contribution < -0.4 is 15.4 Å². The zero-order chi connectivity index (χ0) is 10.7. The molecule has 1 saturated heterocycles. The first kappa shape index (κ1) is 9.98. The van der Waals surface area contributed by atoms with E-state index in [0.717, 1.165) is 18.8 Å². The molecule has 1 aliphatic rings. The van der Waals surface area contributed by atoms with E-state index in [1.165, 1.54) is 0 Å². The Morgan fingerprint density at radius 1 is 1.47 bits per heavy atom. The second-order valence-electron chi connectivity index (χ2n) is 3.54. The van der Waals surface area contributed by atoms with E-state index in [1.807, 2.05) is 24.3 Å². The first-order chi connectivity index (χ1) is 7.31. The van der Waals surface area contributed by atoms with Crippen molar-refractivity contribution >= 4 is 11.6 Å². The van der Waals surface area contributed by atoms with E-state index in [1.54, 1.807) is 7.11 Å². The Kier molecular flexibility index (Phi) is 2.87. The molecular formula is C11H14N2O2. The highest BCUT2D eigenvalue weighted by molar-refractivity contribution is 5.94. The van der Waals surface area contributed by atoms with Crippen molar-refractivity contribution in [2.24, 2.45) is 5.92 Å². The van der Waals surface area contributed by atoms with Gasteiger partial charge in [-0.25, -0.2) is 0 Å². The smallest absolute Gasteiger partial charge is 0.230 e. The lowest BCUT2D eigenvalue weighted by atomic mass is 10.0. The summed E-state index contributed by atoms with van der Waals surface area (Å²) in [6, 6.07) is 7.41. The molecule has 2 rings (SSSR count). The zero-order valence-corrected chi connectivity index (χ0v) is 8.62. The molecule has 1 aliphatic heterocycles. The lowest BCUT2D eigenvalue weighted by molar-refractivity contribution is -0.121. The largest absolute Gasteiger partial charge is 0.495 e. The molecule has 0 spiro atoms. The van der Waals surface area contributed by atoms with Crippen molar-refractivity contribution in [1.29, 1.82) is 0 Å². The van der Waals surface area contributed by atoms with E-state index >= 15 is 0 Å². The van der Waals surface area contributed by atoms with Crippen LogP contribution >= 0.6 is 0 Å². The van der Waals surface area contributed by atoms with E-state index in [0.29, 0.717) is 5.75 Å². The average molecular weight is 206 g/mol. The number of methoxy groups -OCH3 is 1. The number of benzene rings is 1. The van der Waals surface area contributed by atoms with Crippen LogP contribution in [-0.4, -0.2) is 26.1 Å². The van der Waals surface area contributed by atoms with Crippen LogP contribution in [0, 0.1) is 5.92 Å². The van der Waals surface area contributed by atoms with Crippen molar-refractivity contribution in [3.8, 4) is 5.75 Å². The summed E-state index contributed by atoms with van der Waals surface area (Å²) < 4.78 is 5.15. The molecule has 0 unspecified atom stereocenters. The third-order valence-corrected chi connectivity index (χ3v) is 2.52. The van der Waals surface area contributed by atoms with Gasteiger partial charge < -0.3 is 15.4 Å². The van der Waals surface area contributed by atoms with Gasteiger partial charge in [-0.2, -0.15) is 0 Å². The Morgan fingerprint density at radius 2 is 2.20 bits per heavy atom. The second-order valence-corrected chi connectivity index (χ2v) is 3.54. The van der Waals surface area contributed by atoms with Gasteiger partial charge in [0.1, 0.15) is 5.75 Å². The van der Waals surface area contributed by atoms with Crippen LogP contribution in [0.3, 0.4) is 0 Å². The lowest BCUT2D eigenvalue weighted by Gasteiger charge is -2.26. The maximum absolute atomic E-state index is 11.7. The highest BCUT2D eigenvalue weighted by atomic mass is 16.5. The molecule has 1 heterocycles. The van der Waals surface area contributed by atoms with Crippen LogP contribution in [0.5, 0.6) is 5.75 Å². The number of carbonyl (C=O) groups excluding carboxylic acids is 1. The maximum Gasteiger partial charge on any atom is 0.230 e. The normalized spacial score (nSPS) is 15.5. The molecule has 0 aliphatic carbocycles. The predicted octanol–water partition coefficient (Wildman–Crippen LogP) is 0.853. The van der Waals surface area contributed by atoms with E-state index in [9.17, 15) is 4.79 Å². The zero-order valence-electron chi connectivity index (χ0n) is 8.62. The van der Waals surface area contributed by atoms with E-state index in [-0.39, 0.29) is 11.8 Å². The first-order valence-electron chi connectivity index (χ1n) is 4.96. The second kappa shape index (κ2) is 4.31. The van der Waals surface area contributed by atoms with E-state index < -0.39 is 0 Å². The summed E-state index contributed by atoms with van der Waals surface area (Å²) in [6.07, 6.45) is 0. The summed E-state index contributed by atoms with van der Waals surface area (Å²) in [4.78, 5) is 11.7. The molecular weight excluding hydrogens is 192 g/mol. The minimum absolute atomic E-state index is 0.0539. The lowest BCUT2D eigenvalue weighted by Crippen LogP contribution is -2.48. The number of hydrogen-bond acceptors (Lipinski definition) is 3. The van der Waals surface area contributed by atoms with Gasteiger partial charge in [0.2, 0.25) is 5.91 Å². The van der Waals surface area contributed by atoms with Crippen LogP contribution in [0.1, 0.15) is 0 Å². The Labute approximate surface area is 88.6 Å². The number of amides is 1. The Morgan fingerprint density at radius 3 is 2.80 bits per heavy atom. The summed E-state index contributed by atoms with van der Waals surface area (Å²) in [6.45, 7) is 1.53. The summed E-state index contributed by atoms with van der Waals surface area (Å²) >= 11 is 0. The maximum atomic E-state index is 11.7. The number of ether oxygens (including phenoxy) is 1. The SMILES string of the molecule is COc1ccccc1NC(=O)C1CNC1. The van der Waals surface area contributed by atoms with E-state index in [2.05, 4.69) is 10.6 Å². The Bertz CT molecular complexity index is 361. The van der Waals surface area contributed by atoms with Gasteiger partial charge in [-0.15, -0.1) is 0 Å². The minimum Gasteiger partial charge on any atom is -0.495 e. The topological polar surface area (TPSA) is 50.4 Å². The van der Waals surface area contributed by atoms with Gasteiger partial charge in [0.25, 0.3) is 0 Å². The van der Waals surface area contributed by atoms with Crippen LogP contribution in [0.15, 0.2) is 24.3 Å². The third kappa shape index (κ3) is 2.10. The van der Waals surface area contributed by atoms with Gasteiger partial charge in [-0.05, 0) is 12.1 Å². The third-order valence-electron chi connectivity index (χ3n) is 2.52. The van der Waals surface area contributed by atoms with Crippen LogP contribution in [0.4, 0.5) is 5.69 Å². The van der Waals surface area contributed by atoms with Gasteiger partial charge in [-0.1, -0.05) is 12.1 Å². The Hall–Kier alpha value is -1.55.